The van der Waals surface area contributed by atoms with E-state index in [1.807, 2.05) is 0 Å². The third kappa shape index (κ3) is 2.16. The highest BCUT2D eigenvalue weighted by atomic mass is 16.4. The lowest BCUT2D eigenvalue weighted by molar-refractivity contribution is -0.150. The number of carbonyl (C=O) groups is 2. The summed E-state index contributed by atoms with van der Waals surface area (Å²) in [6.07, 6.45) is 6.05. The minimum absolute atomic E-state index is 0.284. The Balaban J connectivity index is 2.07. The predicted molar refractivity (Wildman–Crippen MR) is 62.4 cm³/mol. The van der Waals surface area contributed by atoms with E-state index in [1.165, 1.54) is 0 Å². The maximum absolute atomic E-state index is 12.0. The zero-order chi connectivity index (χ0) is 12.5. The molecule has 0 unspecified atom stereocenters. The number of carbonyl (C=O) groups excluding carboxylic acids is 1. The van der Waals surface area contributed by atoms with Crippen LogP contribution in [0.2, 0.25) is 0 Å². The number of hydrogen-bond acceptors (Lipinski definition) is 3. The van der Waals surface area contributed by atoms with Crippen LogP contribution >= 0.6 is 0 Å². The topological polar surface area (TPSA) is 92.4 Å². The quantitative estimate of drug-likeness (QED) is 0.679. The number of carboxylic acid groups (broad SMARTS) is 1. The first kappa shape index (κ1) is 12.4. The molecule has 96 valence electrons. The minimum atomic E-state index is -1.07. The monoisotopic (exact) mass is 240 g/mol. The summed E-state index contributed by atoms with van der Waals surface area (Å²) < 4.78 is 0. The van der Waals surface area contributed by atoms with Crippen LogP contribution < -0.4 is 11.1 Å². The first-order valence-corrected chi connectivity index (χ1v) is 6.33. The summed E-state index contributed by atoms with van der Waals surface area (Å²) in [6.45, 7) is 0. The molecule has 2 rings (SSSR count). The van der Waals surface area contributed by atoms with Crippen LogP contribution in [0.4, 0.5) is 0 Å². The van der Waals surface area contributed by atoms with Crippen molar-refractivity contribution < 1.29 is 14.7 Å². The van der Waals surface area contributed by atoms with Crippen LogP contribution in [0.5, 0.6) is 0 Å². The second-order valence-corrected chi connectivity index (χ2v) is 5.41. The molecule has 1 amide bonds. The molecule has 0 aromatic rings. The van der Waals surface area contributed by atoms with Gasteiger partial charge in [0.2, 0.25) is 5.91 Å². The molecule has 4 N–H and O–H groups in total. The van der Waals surface area contributed by atoms with Crippen LogP contribution in [0, 0.1) is 0 Å². The Labute approximate surface area is 101 Å². The summed E-state index contributed by atoms with van der Waals surface area (Å²) in [5.41, 5.74) is 4.03. The number of aliphatic carboxylic acids is 1. The highest BCUT2D eigenvalue weighted by molar-refractivity contribution is 5.92. The van der Waals surface area contributed by atoms with E-state index in [-0.39, 0.29) is 5.91 Å². The summed E-state index contributed by atoms with van der Waals surface area (Å²) in [7, 11) is 0. The Morgan fingerprint density at radius 3 is 2.00 bits per heavy atom. The molecule has 0 aromatic heterocycles. The Morgan fingerprint density at radius 1 is 1.00 bits per heavy atom. The Bertz CT molecular complexity index is 331. The molecule has 0 heterocycles. The molecule has 0 aromatic carbocycles. The van der Waals surface area contributed by atoms with Crippen LogP contribution in [0.15, 0.2) is 0 Å². The molecule has 17 heavy (non-hydrogen) atoms. The van der Waals surface area contributed by atoms with Gasteiger partial charge in [-0.05, 0) is 32.1 Å². The Kier molecular flexibility index (Phi) is 3.12. The van der Waals surface area contributed by atoms with E-state index in [0.717, 1.165) is 25.7 Å². The number of nitrogens with one attached hydrogen (secondary N) is 1. The van der Waals surface area contributed by atoms with Gasteiger partial charge in [-0.2, -0.15) is 0 Å². The SMILES string of the molecule is NC1(C(=O)NC2(C(=O)O)CCCCC2)CCC1. The van der Waals surface area contributed by atoms with Crippen molar-refractivity contribution in [1.82, 2.24) is 5.32 Å². The Hall–Kier alpha value is -1.10. The van der Waals surface area contributed by atoms with E-state index >= 15 is 0 Å². The van der Waals surface area contributed by atoms with E-state index < -0.39 is 17.0 Å². The number of amides is 1. The first-order chi connectivity index (χ1) is 7.99. The molecule has 2 fully saturated rings. The van der Waals surface area contributed by atoms with Crippen molar-refractivity contribution in [2.24, 2.45) is 5.73 Å². The number of hydrogen-bond donors (Lipinski definition) is 3. The van der Waals surface area contributed by atoms with Gasteiger partial charge in [0.1, 0.15) is 5.54 Å². The molecule has 0 aliphatic heterocycles. The number of carboxylic acids is 1. The van der Waals surface area contributed by atoms with Gasteiger partial charge in [-0.1, -0.05) is 19.3 Å². The van der Waals surface area contributed by atoms with E-state index in [9.17, 15) is 14.7 Å². The summed E-state index contributed by atoms with van der Waals surface area (Å²) in [4.78, 5) is 23.4. The maximum Gasteiger partial charge on any atom is 0.329 e. The molecular weight excluding hydrogens is 220 g/mol. The zero-order valence-corrected chi connectivity index (χ0v) is 10.00. The Morgan fingerprint density at radius 2 is 1.59 bits per heavy atom. The molecule has 2 saturated carbocycles. The average Bonchev–Trinajstić information content (AvgIpc) is 2.26. The second-order valence-electron chi connectivity index (χ2n) is 5.41. The van der Waals surface area contributed by atoms with Crippen molar-refractivity contribution in [3.63, 3.8) is 0 Å². The standard InChI is InChI=1S/C12H20N2O3/c13-11(5-4-6-11)9(15)14-12(10(16)17)7-2-1-3-8-12/h1-8,13H2,(H,14,15)(H,16,17). The van der Waals surface area contributed by atoms with E-state index in [2.05, 4.69) is 5.32 Å². The number of nitrogens with two attached hydrogens (primary N) is 1. The third-order valence-corrected chi connectivity index (χ3v) is 4.17. The van der Waals surface area contributed by atoms with E-state index in [4.69, 9.17) is 5.73 Å². The van der Waals surface area contributed by atoms with Gasteiger partial charge in [0.15, 0.2) is 0 Å². The summed E-state index contributed by atoms with van der Waals surface area (Å²) in [5, 5.41) is 12.0. The smallest absolute Gasteiger partial charge is 0.329 e. The summed E-state index contributed by atoms with van der Waals surface area (Å²) in [6, 6.07) is 0. The molecule has 0 saturated heterocycles. The first-order valence-electron chi connectivity index (χ1n) is 6.33. The van der Waals surface area contributed by atoms with Crippen molar-refractivity contribution in [3.05, 3.63) is 0 Å². The molecule has 0 bridgehead atoms. The van der Waals surface area contributed by atoms with Crippen molar-refractivity contribution in [3.8, 4) is 0 Å². The van der Waals surface area contributed by atoms with E-state index in [0.29, 0.717) is 25.7 Å². The molecule has 2 aliphatic carbocycles. The maximum atomic E-state index is 12.0. The highest BCUT2D eigenvalue weighted by Gasteiger charge is 2.47. The van der Waals surface area contributed by atoms with Crippen LogP contribution in [0.25, 0.3) is 0 Å². The van der Waals surface area contributed by atoms with Gasteiger partial charge in [-0.3, -0.25) is 4.79 Å². The van der Waals surface area contributed by atoms with Crippen LogP contribution in [-0.4, -0.2) is 28.1 Å². The van der Waals surface area contributed by atoms with Gasteiger partial charge in [0.05, 0.1) is 5.54 Å². The number of rotatable bonds is 3. The average molecular weight is 240 g/mol. The van der Waals surface area contributed by atoms with Gasteiger partial charge < -0.3 is 16.2 Å². The van der Waals surface area contributed by atoms with E-state index in [1.54, 1.807) is 0 Å². The molecule has 0 atom stereocenters. The fourth-order valence-electron chi connectivity index (χ4n) is 2.67. The van der Waals surface area contributed by atoms with Crippen LogP contribution in [0.1, 0.15) is 51.4 Å². The molecule has 5 heteroatoms. The second kappa shape index (κ2) is 4.29. The molecule has 0 radical (unpaired) electrons. The lowest BCUT2D eigenvalue weighted by Gasteiger charge is -2.41. The van der Waals surface area contributed by atoms with Crippen LogP contribution in [0.3, 0.4) is 0 Å². The molecule has 2 aliphatic rings. The highest BCUT2D eigenvalue weighted by Crippen LogP contribution is 2.33. The van der Waals surface area contributed by atoms with Gasteiger partial charge in [0, 0.05) is 0 Å². The minimum Gasteiger partial charge on any atom is -0.480 e. The normalized spacial score (nSPS) is 25.7. The van der Waals surface area contributed by atoms with Crippen molar-refractivity contribution in [2.75, 3.05) is 0 Å². The third-order valence-electron chi connectivity index (χ3n) is 4.17. The largest absolute Gasteiger partial charge is 0.480 e. The van der Waals surface area contributed by atoms with Gasteiger partial charge >= 0.3 is 5.97 Å². The van der Waals surface area contributed by atoms with Gasteiger partial charge in [-0.25, -0.2) is 4.79 Å². The zero-order valence-electron chi connectivity index (χ0n) is 10.00. The van der Waals surface area contributed by atoms with Crippen molar-refractivity contribution in [2.45, 2.75) is 62.4 Å². The lowest BCUT2D eigenvalue weighted by atomic mass is 9.75. The van der Waals surface area contributed by atoms with Crippen molar-refractivity contribution in [1.29, 1.82) is 0 Å². The van der Waals surface area contributed by atoms with Gasteiger partial charge in [-0.15, -0.1) is 0 Å². The summed E-state index contributed by atoms with van der Waals surface area (Å²) in [5.74, 6) is -1.21. The molecular formula is C12H20N2O3. The predicted octanol–water partition coefficient (Wildman–Crippen LogP) is 0.771. The van der Waals surface area contributed by atoms with Gasteiger partial charge in [0.25, 0.3) is 0 Å². The van der Waals surface area contributed by atoms with Crippen molar-refractivity contribution >= 4 is 11.9 Å². The fourth-order valence-corrected chi connectivity index (χ4v) is 2.67. The summed E-state index contributed by atoms with van der Waals surface area (Å²) >= 11 is 0. The fraction of sp³-hybridized carbons (Fsp3) is 0.833. The molecule has 5 nitrogen and oxygen atoms in total. The molecule has 0 spiro atoms. The van der Waals surface area contributed by atoms with Crippen LogP contribution in [-0.2, 0) is 9.59 Å². The lowest BCUT2D eigenvalue weighted by Crippen LogP contribution is -2.65.